The number of aromatic amines is 1. The highest BCUT2D eigenvalue weighted by Gasteiger charge is 2.42. The second kappa shape index (κ2) is 8.28. The van der Waals surface area contributed by atoms with E-state index in [-0.39, 0.29) is 43.2 Å². The molecule has 0 spiro atoms. The van der Waals surface area contributed by atoms with Crippen LogP contribution in [0.1, 0.15) is 34.8 Å². The minimum absolute atomic E-state index is 0.0646. The monoisotopic (exact) mass is 524 g/mol. The number of nitrogens with two attached hydrogens (primary N) is 2. The molecular weight excluding hydrogens is 505 g/mol. The number of halogens is 4. The maximum Gasteiger partial charge on any atom is 0.390 e. The summed E-state index contributed by atoms with van der Waals surface area (Å²) in [5.41, 5.74) is 12.2. The van der Waals surface area contributed by atoms with Gasteiger partial charge in [0.2, 0.25) is 5.95 Å². The minimum atomic E-state index is -4.35. The number of carbonyl (C=O) groups is 1. The van der Waals surface area contributed by atoms with E-state index in [1.54, 1.807) is 11.0 Å². The van der Waals surface area contributed by atoms with E-state index >= 15 is 0 Å². The van der Waals surface area contributed by atoms with Crippen molar-refractivity contribution in [3.05, 3.63) is 27.9 Å². The predicted molar refractivity (Wildman–Crippen MR) is 128 cm³/mol. The number of rotatable bonds is 4. The standard InChI is InChI=1S/C21H20ClF3N8OS/c1-9-28-11-3-2-10(13(22)16(11)35-9)14-12-15(17(26)34)29-19(30-18(12)32-31-14)33-6-4-20(27,5-7-33)8-21(23,24)25/h2-3H,4-8,27H2,1H3,(H2,26,34)(H,29,30,31,32). The van der Waals surface area contributed by atoms with Gasteiger partial charge in [0.05, 0.1) is 32.1 Å². The van der Waals surface area contributed by atoms with Crippen LogP contribution < -0.4 is 16.4 Å². The summed E-state index contributed by atoms with van der Waals surface area (Å²) in [6.07, 6.45) is -5.22. The maximum absolute atomic E-state index is 12.9. The molecule has 1 fully saturated rings. The molecule has 4 aromatic rings. The number of piperidine rings is 1. The van der Waals surface area contributed by atoms with E-state index in [4.69, 9.17) is 23.1 Å². The molecule has 5 N–H and O–H groups in total. The third-order valence-corrected chi connectivity index (χ3v) is 7.60. The van der Waals surface area contributed by atoms with Crippen molar-refractivity contribution in [3.63, 3.8) is 0 Å². The molecule has 5 rings (SSSR count). The van der Waals surface area contributed by atoms with Crippen LogP contribution in [0.2, 0.25) is 5.02 Å². The summed E-state index contributed by atoms with van der Waals surface area (Å²) < 4.78 is 39.4. The first-order valence-electron chi connectivity index (χ1n) is 10.7. The number of nitrogens with one attached hydrogen (secondary N) is 1. The Labute approximate surface area is 205 Å². The molecule has 0 saturated carbocycles. The molecule has 35 heavy (non-hydrogen) atoms. The number of benzene rings is 1. The van der Waals surface area contributed by atoms with Crippen molar-refractivity contribution >= 4 is 56.0 Å². The molecule has 0 atom stereocenters. The van der Waals surface area contributed by atoms with Crippen LogP contribution in [0.3, 0.4) is 0 Å². The number of aryl methyl sites for hydroxylation is 1. The first-order chi connectivity index (χ1) is 16.4. The summed E-state index contributed by atoms with van der Waals surface area (Å²) in [4.78, 5) is 27.3. The molecule has 1 saturated heterocycles. The molecule has 9 nitrogen and oxygen atoms in total. The van der Waals surface area contributed by atoms with Crippen LogP contribution in [0.4, 0.5) is 19.1 Å². The smallest absolute Gasteiger partial charge is 0.364 e. The average molecular weight is 525 g/mol. The van der Waals surface area contributed by atoms with Gasteiger partial charge in [-0.05, 0) is 31.9 Å². The van der Waals surface area contributed by atoms with Crippen molar-refractivity contribution in [3.8, 4) is 11.3 Å². The predicted octanol–water partition coefficient (Wildman–Crippen LogP) is 3.94. The highest BCUT2D eigenvalue weighted by molar-refractivity contribution is 7.19. The van der Waals surface area contributed by atoms with Crippen LogP contribution in [-0.4, -0.2) is 55.9 Å². The largest absolute Gasteiger partial charge is 0.390 e. The van der Waals surface area contributed by atoms with Crippen LogP contribution in [0, 0.1) is 6.92 Å². The fourth-order valence-corrected chi connectivity index (χ4v) is 5.64. The number of alkyl halides is 3. The summed E-state index contributed by atoms with van der Waals surface area (Å²) in [7, 11) is 0. The first kappa shape index (κ1) is 23.7. The zero-order valence-corrected chi connectivity index (χ0v) is 20.0. The van der Waals surface area contributed by atoms with Gasteiger partial charge in [-0.25, -0.2) is 9.97 Å². The lowest BCUT2D eigenvalue weighted by Gasteiger charge is -2.39. The Morgan fingerprint density at radius 1 is 1.26 bits per heavy atom. The van der Waals surface area contributed by atoms with Crippen molar-refractivity contribution < 1.29 is 18.0 Å². The lowest BCUT2D eigenvalue weighted by Crippen LogP contribution is -2.53. The van der Waals surface area contributed by atoms with Crippen molar-refractivity contribution in [2.24, 2.45) is 11.5 Å². The number of fused-ring (bicyclic) bond motifs is 2. The molecule has 0 radical (unpaired) electrons. The molecule has 14 heteroatoms. The SMILES string of the molecule is Cc1nc2ccc(-c3n[nH]c4nc(N5CCC(N)(CC(F)(F)F)CC5)nc(C(N)=O)c34)c(Cl)c2s1. The van der Waals surface area contributed by atoms with Gasteiger partial charge < -0.3 is 16.4 Å². The molecule has 1 aliphatic rings. The maximum atomic E-state index is 12.9. The number of hydrogen-bond acceptors (Lipinski definition) is 8. The molecule has 0 bridgehead atoms. The van der Waals surface area contributed by atoms with Gasteiger partial charge in [0.1, 0.15) is 11.4 Å². The van der Waals surface area contributed by atoms with E-state index in [1.165, 1.54) is 11.3 Å². The van der Waals surface area contributed by atoms with E-state index in [1.807, 2.05) is 13.0 Å². The van der Waals surface area contributed by atoms with Gasteiger partial charge in [-0.1, -0.05) is 11.6 Å². The van der Waals surface area contributed by atoms with Gasteiger partial charge in [-0.3, -0.25) is 9.89 Å². The van der Waals surface area contributed by atoms with Gasteiger partial charge >= 0.3 is 6.18 Å². The third-order valence-electron chi connectivity index (χ3n) is 6.09. The summed E-state index contributed by atoms with van der Waals surface area (Å²) in [5, 5.41) is 8.74. The second-order valence-corrected chi connectivity index (χ2v) is 10.3. The molecule has 0 unspecified atom stereocenters. The molecule has 3 aromatic heterocycles. The Bertz CT molecular complexity index is 1460. The Morgan fingerprint density at radius 2 is 1.97 bits per heavy atom. The number of nitrogens with zero attached hydrogens (tertiary/aromatic N) is 5. The van der Waals surface area contributed by atoms with E-state index < -0.39 is 24.0 Å². The minimum Gasteiger partial charge on any atom is -0.364 e. The molecule has 1 aromatic carbocycles. The van der Waals surface area contributed by atoms with Crippen LogP contribution in [0.15, 0.2) is 12.1 Å². The molecule has 1 aliphatic heterocycles. The highest BCUT2D eigenvalue weighted by atomic mass is 35.5. The van der Waals surface area contributed by atoms with Crippen LogP contribution in [-0.2, 0) is 0 Å². The van der Waals surface area contributed by atoms with Crippen LogP contribution in [0.25, 0.3) is 32.5 Å². The lowest BCUT2D eigenvalue weighted by molar-refractivity contribution is -0.148. The Morgan fingerprint density at radius 3 is 2.63 bits per heavy atom. The van der Waals surface area contributed by atoms with Crippen molar-refractivity contribution in [1.82, 2.24) is 25.1 Å². The lowest BCUT2D eigenvalue weighted by atomic mass is 9.85. The number of carbonyl (C=O) groups excluding carboxylic acids is 1. The normalized spacial score (nSPS) is 16.3. The Hall–Kier alpha value is -3.03. The Kier molecular flexibility index (Phi) is 5.61. The zero-order chi connectivity index (χ0) is 25.1. The fraction of sp³-hybridized carbons (Fsp3) is 0.381. The molecule has 4 heterocycles. The van der Waals surface area contributed by atoms with E-state index in [0.29, 0.717) is 21.7 Å². The summed E-state index contributed by atoms with van der Waals surface area (Å²) >= 11 is 8.10. The number of hydrogen-bond donors (Lipinski definition) is 3. The molecule has 1 amide bonds. The van der Waals surface area contributed by atoms with Gasteiger partial charge in [-0.2, -0.15) is 23.3 Å². The number of anilines is 1. The van der Waals surface area contributed by atoms with Crippen LogP contribution in [0.5, 0.6) is 0 Å². The number of H-pyrrole nitrogens is 1. The number of aromatic nitrogens is 5. The highest BCUT2D eigenvalue weighted by Crippen LogP contribution is 2.40. The van der Waals surface area contributed by atoms with Crippen molar-refractivity contribution in [1.29, 1.82) is 0 Å². The van der Waals surface area contributed by atoms with Gasteiger partial charge in [0, 0.05) is 24.2 Å². The van der Waals surface area contributed by atoms with Gasteiger partial charge in [0.15, 0.2) is 5.65 Å². The van der Waals surface area contributed by atoms with Crippen molar-refractivity contribution in [2.75, 3.05) is 18.0 Å². The van der Waals surface area contributed by atoms with E-state index in [2.05, 4.69) is 25.1 Å². The zero-order valence-electron chi connectivity index (χ0n) is 18.4. The quantitative estimate of drug-likeness (QED) is 0.367. The number of amides is 1. The van der Waals surface area contributed by atoms with Crippen LogP contribution >= 0.6 is 22.9 Å². The summed E-state index contributed by atoms with van der Waals surface area (Å²) in [6, 6.07) is 3.57. The summed E-state index contributed by atoms with van der Waals surface area (Å²) in [5.74, 6) is -0.635. The third kappa shape index (κ3) is 4.39. The number of thiazole rings is 1. The summed E-state index contributed by atoms with van der Waals surface area (Å²) in [6.45, 7) is 2.28. The second-order valence-electron chi connectivity index (χ2n) is 8.68. The van der Waals surface area contributed by atoms with Gasteiger partial charge in [-0.15, -0.1) is 11.3 Å². The molecular formula is C21H20ClF3N8OS. The topological polar surface area (TPSA) is 140 Å². The van der Waals surface area contributed by atoms with Gasteiger partial charge in [0.25, 0.3) is 5.91 Å². The number of primary amides is 1. The van der Waals surface area contributed by atoms with E-state index in [0.717, 1.165) is 15.2 Å². The fourth-order valence-electron chi connectivity index (χ4n) is 4.42. The molecule has 184 valence electrons. The molecule has 0 aliphatic carbocycles. The Balaban J connectivity index is 1.53. The van der Waals surface area contributed by atoms with Crippen molar-refractivity contribution in [2.45, 2.75) is 37.9 Å². The average Bonchev–Trinajstić information content (AvgIpc) is 3.35. The first-order valence-corrected chi connectivity index (χ1v) is 11.9. The van der Waals surface area contributed by atoms with E-state index in [9.17, 15) is 18.0 Å².